The van der Waals surface area contributed by atoms with Crippen LogP contribution in [-0.4, -0.2) is 11.2 Å². The summed E-state index contributed by atoms with van der Waals surface area (Å²) in [5.74, 6) is 2.67. The Balaban J connectivity index is 1.53. The van der Waals surface area contributed by atoms with Gasteiger partial charge in [-0.25, -0.2) is 0 Å². The number of fused-ring (bicyclic) bond motifs is 2. The van der Waals surface area contributed by atoms with Crippen molar-refractivity contribution in [3.63, 3.8) is 0 Å². The number of rotatable bonds is 3. The van der Waals surface area contributed by atoms with Gasteiger partial charge in [-0.3, -0.25) is 0 Å². The van der Waals surface area contributed by atoms with E-state index in [1.165, 1.54) is 25.7 Å². The molecule has 0 aromatic heterocycles. The molecule has 4 atom stereocenters. The Hall–Kier alpha value is -0.800. The molecule has 2 nitrogen and oxygen atoms in total. The highest BCUT2D eigenvalue weighted by Gasteiger charge is 2.41. The molecule has 1 aromatic rings. The SMILES string of the molecule is CC(NC(=S)Nc1cccc(Cl)c1)C1CC2CCC1C2. The van der Waals surface area contributed by atoms with E-state index in [0.29, 0.717) is 11.2 Å². The van der Waals surface area contributed by atoms with Crippen LogP contribution in [0.5, 0.6) is 0 Å². The molecule has 2 N–H and O–H groups in total. The summed E-state index contributed by atoms with van der Waals surface area (Å²) in [7, 11) is 0. The normalized spacial score (nSPS) is 29.2. The predicted octanol–water partition coefficient (Wildman–Crippen LogP) is 4.45. The molecule has 20 heavy (non-hydrogen) atoms. The van der Waals surface area contributed by atoms with Crippen molar-refractivity contribution >= 4 is 34.6 Å². The summed E-state index contributed by atoms with van der Waals surface area (Å²) in [6.45, 7) is 2.26. The molecule has 4 unspecified atom stereocenters. The first-order valence-corrected chi connectivity index (χ1v) is 8.23. The van der Waals surface area contributed by atoms with Crippen LogP contribution >= 0.6 is 23.8 Å². The van der Waals surface area contributed by atoms with Crippen molar-refractivity contribution in [2.75, 3.05) is 5.32 Å². The molecule has 2 fully saturated rings. The van der Waals surface area contributed by atoms with Gasteiger partial charge in [0.25, 0.3) is 0 Å². The molecule has 0 heterocycles. The predicted molar refractivity (Wildman–Crippen MR) is 89.2 cm³/mol. The van der Waals surface area contributed by atoms with Crippen LogP contribution in [0, 0.1) is 17.8 Å². The van der Waals surface area contributed by atoms with Gasteiger partial charge in [0, 0.05) is 16.8 Å². The van der Waals surface area contributed by atoms with E-state index in [2.05, 4.69) is 17.6 Å². The Labute approximate surface area is 131 Å². The van der Waals surface area contributed by atoms with Crippen LogP contribution in [0.3, 0.4) is 0 Å². The van der Waals surface area contributed by atoms with Gasteiger partial charge < -0.3 is 10.6 Å². The summed E-state index contributed by atoms with van der Waals surface area (Å²) in [4.78, 5) is 0. The van der Waals surface area contributed by atoms with E-state index in [1.807, 2.05) is 24.3 Å². The molecule has 4 heteroatoms. The molecular formula is C16H21ClN2S. The second kappa shape index (κ2) is 5.90. The minimum absolute atomic E-state index is 0.449. The maximum Gasteiger partial charge on any atom is 0.170 e. The van der Waals surface area contributed by atoms with Gasteiger partial charge in [-0.1, -0.05) is 24.1 Å². The van der Waals surface area contributed by atoms with Crippen LogP contribution in [0.2, 0.25) is 5.02 Å². The van der Waals surface area contributed by atoms with Crippen LogP contribution in [-0.2, 0) is 0 Å². The molecule has 2 aliphatic rings. The zero-order valence-corrected chi connectivity index (χ0v) is 13.3. The molecule has 3 rings (SSSR count). The molecule has 0 saturated heterocycles. The van der Waals surface area contributed by atoms with Crippen LogP contribution < -0.4 is 10.6 Å². The smallest absolute Gasteiger partial charge is 0.170 e. The summed E-state index contributed by atoms with van der Waals surface area (Å²) in [6, 6.07) is 8.09. The van der Waals surface area contributed by atoms with Gasteiger partial charge in [-0.2, -0.15) is 0 Å². The van der Waals surface area contributed by atoms with E-state index in [1.54, 1.807) is 0 Å². The first-order valence-electron chi connectivity index (χ1n) is 7.45. The Kier molecular flexibility index (Phi) is 4.18. The summed E-state index contributed by atoms with van der Waals surface area (Å²) in [5, 5.41) is 8.09. The van der Waals surface area contributed by atoms with Crippen molar-refractivity contribution < 1.29 is 0 Å². The Morgan fingerprint density at radius 1 is 1.35 bits per heavy atom. The molecule has 108 valence electrons. The lowest BCUT2D eigenvalue weighted by Crippen LogP contribution is -2.42. The number of nitrogens with one attached hydrogen (secondary N) is 2. The molecule has 1 aromatic carbocycles. The van der Waals surface area contributed by atoms with Gasteiger partial charge in [-0.05, 0) is 74.4 Å². The molecular weight excluding hydrogens is 288 g/mol. The van der Waals surface area contributed by atoms with Crippen LogP contribution in [0.25, 0.3) is 0 Å². The van der Waals surface area contributed by atoms with Gasteiger partial charge >= 0.3 is 0 Å². The van der Waals surface area contributed by atoms with E-state index in [9.17, 15) is 0 Å². The molecule has 2 saturated carbocycles. The van der Waals surface area contributed by atoms with E-state index in [4.69, 9.17) is 23.8 Å². The van der Waals surface area contributed by atoms with Crippen LogP contribution in [0.15, 0.2) is 24.3 Å². The lowest BCUT2D eigenvalue weighted by atomic mass is 9.84. The van der Waals surface area contributed by atoms with Crippen molar-refractivity contribution in [3.05, 3.63) is 29.3 Å². The number of anilines is 1. The summed E-state index contributed by atoms with van der Waals surface area (Å²) in [6.07, 6.45) is 5.67. The van der Waals surface area contributed by atoms with E-state index >= 15 is 0 Å². The highest BCUT2D eigenvalue weighted by atomic mass is 35.5. The molecule has 0 radical (unpaired) electrons. The summed E-state index contributed by atoms with van der Waals surface area (Å²) >= 11 is 11.4. The number of hydrogen-bond donors (Lipinski definition) is 2. The maximum absolute atomic E-state index is 5.98. The quantitative estimate of drug-likeness (QED) is 0.807. The minimum atomic E-state index is 0.449. The zero-order valence-electron chi connectivity index (χ0n) is 11.7. The number of halogens is 1. The van der Waals surface area contributed by atoms with Gasteiger partial charge in [0.05, 0.1) is 0 Å². The third-order valence-corrected chi connectivity index (χ3v) is 5.33. The second-order valence-corrected chi connectivity index (χ2v) is 7.08. The fourth-order valence-corrected chi connectivity index (χ4v) is 4.45. The number of benzene rings is 1. The molecule has 0 spiro atoms. The molecule has 2 bridgehead atoms. The average molecular weight is 309 g/mol. The third-order valence-electron chi connectivity index (χ3n) is 4.88. The Morgan fingerprint density at radius 3 is 2.85 bits per heavy atom. The lowest BCUT2D eigenvalue weighted by Gasteiger charge is -2.29. The molecule has 0 aliphatic heterocycles. The van der Waals surface area contributed by atoms with Crippen molar-refractivity contribution in [3.8, 4) is 0 Å². The largest absolute Gasteiger partial charge is 0.360 e. The van der Waals surface area contributed by atoms with E-state index in [0.717, 1.165) is 28.5 Å². The summed E-state index contributed by atoms with van der Waals surface area (Å²) in [5.41, 5.74) is 0.940. The van der Waals surface area contributed by atoms with E-state index in [-0.39, 0.29) is 0 Å². The first-order chi connectivity index (χ1) is 9.61. The second-order valence-electron chi connectivity index (χ2n) is 6.24. The van der Waals surface area contributed by atoms with Crippen LogP contribution in [0.1, 0.15) is 32.6 Å². The maximum atomic E-state index is 5.98. The lowest BCUT2D eigenvalue weighted by molar-refractivity contribution is 0.279. The fourth-order valence-electron chi connectivity index (χ4n) is 3.95. The highest BCUT2D eigenvalue weighted by Crippen LogP contribution is 2.49. The van der Waals surface area contributed by atoms with Crippen molar-refractivity contribution in [2.45, 2.75) is 38.6 Å². The van der Waals surface area contributed by atoms with Gasteiger partial charge in [0.1, 0.15) is 0 Å². The Bertz CT molecular complexity index is 505. The zero-order chi connectivity index (χ0) is 14.1. The van der Waals surface area contributed by atoms with Crippen molar-refractivity contribution in [2.24, 2.45) is 17.8 Å². The molecule has 0 amide bonds. The Morgan fingerprint density at radius 2 is 2.20 bits per heavy atom. The summed E-state index contributed by atoms with van der Waals surface area (Å²) < 4.78 is 0. The fraction of sp³-hybridized carbons (Fsp3) is 0.562. The minimum Gasteiger partial charge on any atom is -0.360 e. The van der Waals surface area contributed by atoms with Crippen LogP contribution in [0.4, 0.5) is 5.69 Å². The standard InChI is InChI=1S/C16H21ClN2S/c1-10(15-8-11-5-6-12(15)7-11)18-16(20)19-14-4-2-3-13(17)9-14/h2-4,9-12,15H,5-8H2,1H3,(H2,18,19,20). The highest BCUT2D eigenvalue weighted by molar-refractivity contribution is 7.80. The van der Waals surface area contributed by atoms with Gasteiger partial charge in [0.2, 0.25) is 0 Å². The van der Waals surface area contributed by atoms with E-state index < -0.39 is 0 Å². The monoisotopic (exact) mass is 308 g/mol. The van der Waals surface area contributed by atoms with Gasteiger partial charge in [-0.15, -0.1) is 0 Å². The topological polar surface area (TPSA) is 24.1 Å². The number of thiocarbonyl (C=S) groups is 1. The third kappa shape index (κ3) is 3.09. The van der Waals surface area contributed by atoms with Gasteiger partial charge in [0.15, 0.2) is 5.11 Å². The molecule has 2 aliphatic carbocycles. The van der Waals surface area contributed by atoms with Crippen molar-refractivity contribution in [1.29, 1.82) is 0 Å². The number of hydrogen-bond acceptors (Lipinski definition) is 1. The average Bonchev–Trinajstić information content (AvgIpc) is 3.00. The first kappa shape index (κ1) is 14.2. The van der Waals surface area contributed by atoms with Crippen molar-refractivity contribution in [1.82, 2.24) is 5.32 Å².